The van der Waals surface area contributed by atoms with E-state index in [4.69, 9.17) is 34.8 Å². The van der Waals surface area contributed by atoms with Crippen LogP contribution in [0.25, 0.3) is 0 Å². The maximum atomic E-state index is 12.2. The van der Waals surface area contributed by atoms with Crippen LogP contribution in [0, 0.1) is 5.41 Å². The lowest BCUT2D eigenvalue weighted by Gasteiger charge is -2.32. The fourth-order valence-electron chi connectivity index (χ4n) is 1.38. The van der Waals surface area contributed by atoms with Crippen molar-refractivity contribution in [3.8, 4) is 0 Å². The Balaban J connectivity index is 4.93. The molecule has 0 heterocycles. The number of hydrogen-bond donors (Lipinski definition) is 0. The minimum absolute atomic E-state index is 0.162. The van der Waals surface area contributed by atoms with Crippen molar-refractivity contribution in [1.29, 1.82) is 0 Å². The molecule has 5 heteroatoms. The van der Waals surface area contributed by atoms with Crippen molar-refractivity contribution < 1.29 is 4.79 Å². The normalized spacial score (nSPS) is 12.9. The monoisotopic (exact) mass is 290 g/mol. The summed E-state index contributed by atoms with van der Waals surface area (Å²) in [4.78, 5) is 12.2. The van der Waals surface area contributed by atoms with E-state index in [1.807, 2.05) is 20.8 Å². The molecule has 0 aliphatic heterocycles. The summed E-state index contributed by atoms with van der Waals surface area (Å²) >= 11 is 19.2. The molecule has 1 nitrogen and oxygen atoms in total. The van der Waals surface area contributed by atoms with Gasteiger partial charge in [-0.1, -0.05) is 44.0 Å². The molecule has 0 aromatic heterocycles. The van der Waals surface area contributed by atoms with Gasteiger partial charge in [-0.2, -0.15) is 0 Å². The molecule has 0 saturated carbocycles. The van der Waals surface area contributed by atoms with Crippen LogP contribution >= 0.6 is 46.6 Å². The summed E-state index contributed by atoms with van der Waals surface area (Å²) in [6, 6.07) is 0. The zero-order valence-corrected chi connectivity index (χ0v) is 12.4. The molecule has 0 atom stereocenters. The first kappa shape index (κ1) is 15.9. The SMILES string of the molecule is CCSC(Cl)(Cl)C(=O)C(CC)(CC)CCl. The Hall–Kier alpha value is 0.890. The van der Waals surface area contributed by atoms with Crippen LogP contribution < -0.4 is 0 Å². The second-order valence-corrected chi connectivity index (χ2v) is 6.92. The fraction of sp³-hybridized carbons (Fsp3) is 0.900. The standard InChI is InChI=1S/C10H17Cl3OS/c1-4-9(5-2,7-11)8(14)10(12,13)15-6-3/h4-7H2,1-3H3. The topological polar surface area (TPSA) is 17.1 Å². The molecule has 0 spiro atoms. The molecule has 0 unspecified atom stereocenters. The van der Waals surface area contributed by atoms with Gasteiger partial charge < -0.3 is 0 Å². The van der Waals surface area contributed by atoms with Crippen molar-refractivity contribution in [2.75, 3.05) is 11.6 Å². The van der Waals surface area contributed by atoms with E-state index in [-0.39, 0.29) is 11.7 Å². The van der Waals surface area contributed by atoms with Gasteiger partial charge in [-0.05, 0) is 18.6 Å². The van der Waals surface area contributed by atoms with Crippen molar-refractivity contribution in [2.24, 2.45) is 5.41 Å². The second kappa shape index (κ2) is 6.58. The van der Waals surface area contributed by atoms with Gasteiger partial charge in [-0.25, -0.2) is 0 Å². The molecule has 0 rings (SSSR count). The molecule has 0 fully saturated rings. The van der Waals surface area contributed by atoms with E-state index >= 15 is 0 Å². The van der Waals surface area contributed by atoms with Crippen LogP contribution in [-0.4, -0.2) is 21.1 Å². The number of thioether (sulfide) groups is 1. The van der Waals surface area contributed by atoms with Crippen molar-refractivity contribution in [2.45, 2.75) is 37.3 Å². The summed E-state index contributed by atoms with van der Waals surface area (Å²) in [5.74, 6) is 0.805. The first-order valence-corrected chi connectivity index (χ1v) is 7.30. The third-order valence-corrected chi connectivity index (χ3v) is 5.03. The first-order valence-electron chi connectivity index (χ1n) is 5.02. The van der Waals surface area contributed by atoms with Crippen molar-refractivity contribution in [3.63, 3.8) is 0 Å². The molecule has 0 N–H and O–H groups in total. The van der Waals surface area contributed by atoms with Crippen LogP contribution in [0.5, 0.6) is 0 Å². The van der Waals surface area contributed by atoms with E-state index in [0.29, 0.717) is 18.6 Å². The maximum Gasteiger partial charge on any atom is 0.221 e. The lowest BCUT2D eigenvalue weighted by molar-refractivity contribution is -0.127. The van der Waals surface area contributed by atoms with Gasteiger partial charge in [0.2, 0.25) is 3.67 Å². The van der Waals surface area contributed by atoms with Crippen LogP contribution in [-0.2, 0) is 4.79 Å². The smallest absolute Gasteiger partial charge is 0.221 e. The first-order chi connectivity index (χ1) is 6.90. The Kier molecular flexibility index (Phi) is 6.97. The number of rotatable bonds is 7. The summed E-state index contributed by atoms with van der Waals surface area (Å²) < 4.78 is -1.37. The minimum atomic E-state index is -1.37. The number of carbonyl (C=O) groups is 1. The number of alkyl halides is 3. The Morgan fingerprint density at radius 2 is 1.67 bits per heavy atom. The zero-order chi connectivity index (χ0) is 12.1. The largest absolute Gasteiger partial charge is 0.295 e. The van der Waals surface area contributed by atoms with Crippen LogP contribution in [0.15, 0.2) is 0 Å². The molecule has 90 valence electrons. The van der Waals surface area contributed by atoms with Gasteiger partial charge in [-0.3, -0.25) is 4.79 Å². The average Bonchev–Trinajstić information content (AvgIpc) is 2.21. The molecule has 0 aromatic carbocycles. The van der Waals surface area contributed by atoms with Crippen molar-refractivity contribution >= 4 is 52.3 Å². The lowest BCUT2D eigenvalue weighted by atomic mass is 9.80. The highest BCUT2D eigenvalue weighted by molar-refractivity contribution is 8.04. The van der Waals surface area contributed by atoms with Crippen LogP contribution in [0.3, 0.4) is 0 Å². The highest BCUT2D eigenvalue weighted by Gasteiger charge is 2.46. The minimum Gasteiger partial charge on any atom is -0.295 e. The van der Waals surface area contributed by atoms with Crippen molar-refractivity contribution in [1.82, 2.24) is 0 Å². The molecular formula is C10H17Cl3OS. The molecule has 0 bridgehead atoms. The number of ketones is 1. The predicted octanol–water partition coefficient (Wildman–Crippen LogP) is 4.49. The predicted molar refractivity (Wildman–Crippen MR) is 71.3 cm³/mol. The van der Waals surface area contributed by atoms with Crippen LogP contribution in [0.2, 0.25) is 0 Å². The van der Waals surface area contributed by atoms with E-state index in [9.17, 15) is 4.79 Å². The van der Waals surface area contributed by atoms with Gasteiger partial charge in [0.05, 0.1) is 0 Å². The van der Waals surface area contributed by atoms with E-state index in [1.165, 1.54) is 11.8 Å². The van der Waals surface area contributed by atoms with Gasteiger partial charge >= 0.3 is 0 Å². The molecule has 0 saturated heterocycles. The summed E-state index contributed by atoms with van der Waals surface area (Å²) in [6.07, 6.45) is 1.33. The Morgan fingerprint density at radius 1 is 1.20 bits per heavy atom. The van der Waals surface area contributed by atoms with Crippen LogP contribution in [0.4, 0.5) is 0 Å². The van der Waals surface area contributed by atoms with E-state index < -0.39 is 9.08 Å². The van der Waals surface area contributed by atoms with Gasteiger partial charge in [0.15, 0.2) is 5.78 Å². The van der Waals surface area contributed by atoms with Crippen LogP contribution in [0.1, 0.15) is 33.6 Å². The average molecular weight is 292 g/mol. The van der Waals surface area contributed by atoms with E-state index in [2.05, 4.69) is 0 Å². The lowest BCUT2D eigenvalue weighted by Crippen LogP contribution is -2.41. The van der Waals surface area contributed by atoms with E-state index in [0.717, 1.165) is 0 Å². The Morgan fingerprint density at radius 3 is 1.93 bits per heavy atom. The third kappa shape index (κ3) is 3.69. The second-order valence-electron chi connectivity index (χ2n) is 3.40. The summed E-state index contributed by atoms with van der Waals surface area (Å²) in [5, 5.41) is 0. The molecule has 0 aliphatic carbocycles. The Bertz CT molecular complexity index is 206. The van der Waals surface area contributed by atoms with Gasteiger partial charge in [0, 0.05) is 11.3 Å². The molecule has 0 aliphatic rings. The highest BCUT2D eigenvalue weighted by Crippen LogP contribution is 2.44. The Labute approximate surface area is 111 Å². The quantitative estimate of drug-likeness (QED) is 0.643. The highest BCUT2D eigenvalue weighted by atomic mass is 35.5. The maximum absolute atomic E-state index is 12.2. The van der Waals surface area contributed by atoms with Gasteiger partial charge in [0.1, 0.15) is 0 Å². The number of Topliss-reactive ketones (excluding diaryl/α,β-unsaturated/α-hetero) is 1. The number of carbonyl (C=O) groups excluding carboxylic acids is 1. The van der Waals surface area contributed by atoms with E-state index in [1.54, 1.807) is 0 Å². The summed E-state index contributed by atoms with van der Waals surface area (Å²) in [6.45, 7) is 5.78. The van der Waals surface area contributed by atoms with Gasteiger partial charge in [0.25, 0.3) is 0 Å². The molecule has 0 aromatic rings. The number of halogens is 3. The molecule has 15 heavy (non-hydrogen) atoms. The number of hydrogen-bond acceptors (Lipinski definition) is 2. The van der Waals surface area contributed by atoms with Crippen molar-refractivity contribution in [3.05, 3.63) is 0 Å². The molecule has 0 radical (unpaired) electrons. The zero-order valence-electron chi connectivity index (χ0n) is 9.28. The fourth-order valence-corrected chi connectivity index (χ4v) is 3.64. The molecule has 0 amide bonds. The molecular weight excluding hydrogens is 275 g/mol. The summed E-state index contributed by atoms with van der Waals surface area (Å²) in [5.41, 5.74) is -0.590. The third-order valence-electron chi connectivity index (χ3n) is 2.68. The van der Waals surface area contributed by atoms with Gasteiger partial charge in [-0.15, -0.1) is 23.4 Å². The summed E-state index contributed by atoms with van der Waals surface area (Å²) in [7, 11) is 0.